The molecule has 1 saturated carbocycles. The van der Waals surface area contributed by atoms with Crippen LogP contribution >= 0.6 is 0 Å². The zero-order valence-corrected chi connectivity index (χ0v) is 12.6. The summed E-state index contributed by atoms with van der Waals surface area (Å²) in [6.45, 7) is 5.08. The maximum Gasteiger partial charge on any atom is 0.221 e. The van der Waals surface area contributed by atoms with Crippen LogP contribution in [0.5, 0.6) is 0 Å². The summed E-state index contributed by atoms with van der Waals surface area (Å²) in [7, 11) is 0. The lowest BCUT2D eigenvalue weighted by Crippen LogP contribution is -2.30. The molecule has 3 heteroatoms. The third-order valence-corrected chi connectivity index (χ3v) is 3.76. The van der Waals surface area contributed by atoms with Crippen LogP contribution in [0.2, 0.25) is 0 Å². The van der Waals surface area contributed by atoms with Crippen molar-refractivity contribution in [3.63, 3.8) is 0 Å². The lowest BCUT2D eigenvalue weighted by atomic mass is 10.0. The summed E-state index contributed by atoms with van der Waals surface area (Å²) in [5.41, 5.74) is 2.68. The van der Waals surface area contributed by atoms with Gasteiger partial charge in [-0.1, -0.05) is 37.6 Å². The van der Waals surface area contributed by atoms with Crippen LogP contribution < -0.4 is 10.6 Å². The van der Waals surface area contributed by atoms with Crippen LogP contribution in [0.3, 0.4) is 0 Å². The minimum Gasteiger partial charge on any atom is -0.353 e. The Morgan fingerprint density at radius 2 is 2.00 bits per heavy atom. The van der Waals surface area contributed by atoms with E-state index in [9.17, 15) is 4.79 Å². The summed E-state index contributed by atoms with van der Waals surface area (Å²) in [5, 5.41) is 6.42. The van der Waals surface area contributed by atoms with E-state index in [1.807, 2.05) is 0 Å². The van der Waals surface area contributed by atoms with Gasteiger partial charge in [-0.2, -0.15) is 0 Å². The van der Waals surface area contributed by atoms with E-state index in [1.54, 1.807) is 0 Å². The number of hydrogen-bond acceptors (Lipinski definition) is 2. The van der Waals surface area contributed by atoms with Gasteiger partial charge in [-0.3, -0.25) is 4.79 Å². The third kappa shape index (κ3) is 4.97. The topological polar surface area (TPSA) is 41.1 Å². The van der Waals surface area contributed by atoms with Crippen LogP contribution in [0.1, 0.15) is 56.7 Å². The van der Waals surface area contributed by atoms with Gasteiger partial charge in [-0.15, -0.1) is 0 Å². The molecule has 1 amide bonds. The van der Waals surface area contributed by atoms with Crippen LogP contribution in [0.25, 0.3) is 0 Å². The first-order valence-corrected chi connectivity index (χ1v) is 7.80. The highest BCUT2D eigenvalue weighted by Gasteiger charge is 2.22. The summed E-state index contributed by atoms with van der Waals surface area (Å²) < 4.78 is 0. The Balaban J connectivity index is 1.70. The van der Waals surface area contributed by atoms with Gasteiger partial charge in [-0.05, 0) is 37.3 Å². The number of carbonyl (C=O) groups is 1. The van der Waals surface area contributed by atoms with E-state index in [0.717, 1.165) is 25.8 Å². The van der Waals surface area contributed by atoms with Crippen LogP contribution in [-0.4, -0.2) is 18.5 Å². The van der Waals surface area contributed by atoms with Gasteiger partial charge in [0.05, 0.1) is 0 Å². The van der Waals surface area contributed by atoms with Crippen molar-refractivity contribution >= 4 is 5.91 Å². The van der Waals surface area contributed by atoms with Crippen molar-refractivity contribution in [2.24, 2.45) is 0 Å². The molecule has 110 valence electrons. The molecule has 1 aliphatic rings. The fourth-order valence-corrected chi connectivity index (χ4v) is 2.31. The summed E-state index contributed by atoms with van der Waals surface area (Å²) in [6, 6.07) is 9.54. The number of carbonyl (C=O) groups excluding carboxylic acids is 1. The summed E-state index contributed by atoms with van der Waals surface area (Å²) in [6.07, 6.45) is 5.20. The average molecular weight is 274 g/mol. The largest absolute Gasteiger partial charge is 0.353 e. The normalized spacial score (nSPS) is 15.9. The van der Waals surface area contributed by atoms with E-state index in [4.69, 9.17) is 0 Å². The molecule has 1 atom stereocenters. The predicted octanol–water partition coefficient (Wildman–Crippen LogP) is 2.96. The minimum absolute atomic E-state index is 0.172. The van der Waals surface area contributed by atoms with Crippen LogP contribution in [0.15, 0.2) is 24.3 Å². The third-order valence-electron chi connectivity index (χ3n) is 3.76. The molecule has 0 radical (unpaired) electrons. The Labute approximate surface area is 122 Å². The molecule has 0 spiro atoms. The highest BCUT2D eigenvalue weighted by Crippen LogP contribution is 2.18. The van der Waals surface area contributed by atoms with Gasteiger partial charge < -0.3 is 10.6 Å². The number of hydrogen-bond donors (Lipinski definition) is 2. The zero-order chi connectivity index (χ0) is 14.4. The number of benzene rings is 1. The van der Waals surface area contributed by atoms with Gasteiger partial charge >= 0.3 is 0 Å². The summed E-state index contributed by atoms with van der Waals surface area (Å²) >= 11 is 0. The second kappa shape index (κ2) is 7.44. The average Bonchev–Trinajstić information content (AvgIpc) is 3.23. The number of amides is 1. The first-order chi connectivity index (χ1) is 9.69. The van der Waals surface area contributed by atoms with E-state index >= 15 is 0 Å². The SMILES string of the molecule is CCCc1ccc(C(C)NCCC(=O)NC2CC2)cc1. The molecule has 0 saturated heterocycles. The fourth-order valence-electron chi connectivity index (χ4n) is 2.31. The minimum atomic E-state index is 0.172. The lowest BCUT2D eigenvalue weighted by Gasteiger charge is -2.14. The maximum atomic E-state index is 11.6. The molecule has 2 N–H and O–H groups in total. The Morgan fingerprint density at radius 3 is 2.60 bits per heavy atom. The van der Waals surface area contributed by atoms with Gasteiger partial charge in [0.25, 0.3) is 0 Å². The molecule has 0 heterocycles. The smallest absolute Gasteiger partial charge is 0.221 e. The monoisotopic (exact) mass is 274 g/mol. The molecule has 1 fully saturated rings. The summed E-state index contributed by atoms with van der Waals surface area (Å²) in [5.74, 6) is 0.172. The van der Waals surface area contributed by atoms with Crippen molar-refractivity contribution in [1.29, 1.82) is 0 Å². The molecule has 1 unspecified atom stereocenters. The quantitative estimate of drug-likeness (QED) is 0.765. The second-order valence-corrected chi connectivity index (χ2v) is 5.76. The van der Waals surface area contributed by atoms with E-state index in [1.165, 1.54) is 17.5 Å². The predicted molar refractivity (Wildman–Crippen MR) is 82.6 cm³/mol. The fraction of sp³-hybridized carbons (Fsp3) is 0.588. The van der Waals surface area contributed by atoms with E-state index in [2.05, 4.69) is 48.7 Å². The molecule has 20 heavy (non-hydrogen) atoms. The van der Waals surface area contributed by atoms with E-state index in [0.29, 0.717) is 18.5 Å². The van der Waals surface area contributed by atoms with Crippen molar-refractivity contribution in [2.45, 2.75) is 58.0 Å². The van der Waals surface area contributed by atoms with E-state index < -0.39 is 0 Å². The first-order valence-electron chi connectivity index (χ1n) is 7.80. The molecular weight excluding hydrogens is 248 g/mol. The van der Waals surface area contributed by atoms with Gasteiger partial charge in [0.1, 0.15) is 0 Å². The van der Waals surface area contributed by atoms with E-state index in [-0.39, 0.29) is 5.91 Å². The van der Waals surface area contributed by atoms with Gasteiger partial charge in [-0.25, -0.2) is 0 Å². The highest BCUT2D eigenvalue weighted by molar-refractivity contribution is 5.76. The molecule has 1 aliphatic carbocycles. The first kappa shape index (κ1) is 15.0. The Hall–Kier alpha value is -1.35. The van der Waals surface area contributed by atoms with Gasteiger partial charge in [0.2, 0.25) is 5.91 Å². The van der Waals surface area contributed by atoms with Crippen molar-refractivity contribution in [3.8, 4) is 0 Å². The number of rotatable bonds is 8. The molecule has 0 bridgehead atoms. The molecule has 3 nitrogen and oxygen atoms in total. The molecule has 0 aromatic heterocycles. The van der Waals surface area contributed by atoms with Crippen molar-refractivity contribution in [1.82, 2.24) is 10.6 Å². The molecule has 2 rings (SSSR count). The van der Waals surface area contributed by atoms with Crippen LogP contribution in [0.4, 0.5) is 0 Å². The molecular formula is C17H26N2O. The van der Waals surface area contributed by atoms with Crippen molar-refractivity contribution < 1.29 is 4.79 Å². The molecule has 1 aromatic carbocycles. The maximum absolute atomic E-state index is 11.6. The zero-order valence-electron chi connectivity index (χ0n) is 12.6. The number of nitrogens with one attached hydrogen (secondary N) is 2. The van der Waals surface area contributed by atoms with Gasteiger partial charge in [0.15, 0.2) is 0 Å². The highest BCUT2D eigenvalue weighted by atomic mass is 16.1. The Bertz CT molecular complexity index is 423. The standard InChI is InChI=1S/C17H26N2O/c1-3-4-14-5-7-15(8-6-14)13(2)18-12-11-17(20)19-16-9-10-16/h5-8,13,16,18H,3-4,9-12H2,1-2H3,(H,19,20). The summed E-state index contributed by atoms with van der Waals surface area (Å²) in [4.78, 5) is 11.6. The van der Waals surface area contributed by atoms with Crippen molar-refractivity contribution in [2.75, 3.05) is 6.54 Å². The van der Waals surface area contributed by atoms with Crippen LogP contribution in [0, 0.1) is 0 Å². The molecule has 1 aromatic rings. The van der Waals surface area contributed by atoms with Crippen molar-refractivity contribution in [3.05, 3.63) is 35.4 Å². The van der Waals surface area contributed by atoms with Gasteiger partial charge in [0, 0.05) is 25.0 Å². The van der Waals surface area contributed by atoms with Crippen LogP contribution in [-0.2, 0) is 11.2 Å². The Morgan fingerprint density at radius 1 is 1.30 bits per heavy atom. The molecule has 0 aliphatic heterocycles. The lowest BCUT2D eigenvalue weighted by molar-refractivity contribution is -0.121. The second-order valence-electron chi connectivity index (χ2n) is 5.76. The number of aryl methyl sites for hydroxylation is 1. The Kier molecular flexibility index (Phi) is 5.60.